The van der Waals surface area contributed by atoms with Crippen LogP contribution < -0.4 is 0 Å². The molecule has 2 nitrogen and oxygen atoms in total. The van der Waals surface area contributed by atoms with E-state index in [1.807, 2.05) is 0 Å². The third-order valence-electron chi connectivity index (χ3n) is 2.22. The Kier molecular flexibility index (Phi) is 1.71. The van der Waals surface area contributed by atoms with Gasteiger partial charge in [0.05, 0.1) is 0 Å². The molecule has 0 amide bonds. The fraction of sp³-hybridized carbons (Fsp3) is 0.875. The van der Waals surface area contributed by atoms with Crippen LogP contribution in [0.5, 0.6) is 0 Å². The van der Waals surface area contributed by atoms with Crippen LogP contribution in [0.3, 0.4) is 0 Å². The van der Waals surface area contributed by atoms with Crippen LogP contribution in [0.15, 0.2) is 0 Å². The van der Waals surface area contributed by atoms with Gasteiger partial charge in [-0.3, -0.25) is 0 Å². The SMILES string of the molecule is CC(C)(C)[C@H]1CC=[N+]([O-])C1. The number of hydrogen-bond acceptors (Lipinski definition) is 1. The molecular weight excluding hydrogens is 126 g/mol. The van der Waals surface area contributed by atoms with Crippen LogP contribution in [0.4, 0.5) is 0 Å². The average molecular weight is 141 g/mol. The van der Waals surface area contributed by atoms with Crippen molar-refractivity contribution in [3.63, 3.8) is 0 Å². The van der Waals surface area contributed by atoms with Crippen LogP contribution in [-0.4, -0.2) is 17.5 Å². The second-order valence-electron chi connectivity index (χ2n) is 4.08. The Morgan fingerprint density at radius 3 is 2.30 bits per heavy atom. The zero-order valence-corrected chi connectivity index (χ0v) is 6.92. The van der Waals surface area contributed by atoms with E-state index in [2.05, 4.69) is 20.8 Å². The van der Waals surface area contributed by atoms with E-state index in [0.717, 1.165) is 11.2 Å². The summed E-state index contributed by atoms with van der Waals surface area (Å²) in [6.45, 7) is 7.24. The number of rotatable bonds is 0. The summed E-state index contributed by atoms with van der Waals surface area (Å²) < 4.78 is 1.05. The molecule has 0 fully saturated rings. The maximum Gasteiger partial charge on any atom is 0.156 e. The summed E-state index contributed by atoms with van der Waals surface area (Å²) in [4.78, 5) is 0. The molecule has 0 aromatic carbocycles. The second kappa shape index (κ2) is 2.26. The molecule has 2 heteroatoms. The van der Waals surface area contributed by atoms with Gasteiger partial charge in [0.1, 0.15) is 0 Å². The molecule has 1 heterocycles. The summed E-state index contributed by atoms with van der Waals surface area (Å²) in [6.07, 6.45) is 2.70. The first-order chi connectivity index (χ1) is 4.50. The van der Waals surface area contributed by atoms with Crippen molar-refractivity contribution in [2.24, 2.45) is 11.3 Å². The highest BCUT2D eigenvalue weighted by Gasteiger charge is 2.30. The molecule has 0 saturated heterocycles. The summed E-state index contributed by atoms with van der Waals surface area (Å²) in [5.74, 6) is 0.546. The molecule has 0 spiro atoms. The Morgan fingerprint density at radius 2 is 2.10 bits per heavy atom. The molecule has 58 valence electrons. The fourth-order valence-electron chi connectivity index (χ4n) is 1.24. The van der Waals surface area contributed by atoms with E-state index in [1.54, 1.807) is 6.21 Å². The predicted octanol–water partition coefficient (Wildman–Crippen LogP) is 1.63. The first kappa shape index (κ1) is 7.58. The van der Waals surface area contributed by atoms with E-state index in [0.29, 0.717) is 12.5 Å². The van der Waals surface area contributed by atoms with Gasteiger partial charge in [-0.1, -0.05) is 20.8 Å². The quantitative estimate of drug-likeness (QED) is 0.372. The van der Waals surface area contributed by atoms with Crippen LogP contribution in [0.2, 0.25) is 0 Å². The minimum Gasteiger partial charge on any atom is -0.624 e. The first-order valence-corrected chi connectivity index (χ1v) is 3.77. The first-order valence-electron chi connectivity index (χ1n) is 3.77. The van der Waals surface area contributed by atoms with E-state index >= 15 is 0 Å². The minimum atomic E-state index is 0.287. The third kappa shape index (κ3) is 1.49. The lowest BCUT2D eigenvalue weighted by Crippen LogP contribution is -2.22. The Hall–Kier alpha value is -0.530. The molecular formula is C8H15NO. The molecule has 1 atom stereocenters. The molecule has 1 aliphatic rings. The molecule has 0 aromatic rings. The summed E-state index contributed by atoms with van der Waals surface area (Å²) in [6, 6.07) is 0. The number of hydroxylamine groups is 1. The summed E-state index contributed by atoms with van der Waals surface area (Å²) in [5, 5.41) is 10.8. The highest BCUT2D eigenvalue weighted by atomic mass is 16.5. The molecule has 0 bridgehead atoms. The monoisotopic (exact) mass is 141 g/mol. The van der Waals surface area contributed by atoms with Gasteiger partial charge in [0.15, 0.2) is 12.8 Å². The maximum absolute atomic E-state index is 10.8. The van der Waals surface area contributed by atoms with Gasteiger partial charge in [-0.15, -0.1) is 0 Å². The zero-order chi connectivity index (χ0) is 7.78. The van der Waals surface area contributed by atoms with E-state index in [9.17, 15) is 5.21 Å². The van der Waals surface area contributed by atoms with Crippen molar-refractivity contribution in [1.29, 1.82) is 0 Å². The Bertz CT molecular complexity index is 155. The van der Waals surface area contributed by atoms with Crippen molar-refractivity contribution < 1.29 is 4.74 Å². The highest BCUT2D eigenvalue weighted by molar-refractivity contribution is 5.53. The molecule has 1 aliphatic heterocycles. The van der Waals surface area contributed by atoms with E-state index in [4.69, 9.17) is 0 Å². The zero-order valence-electron chi connectivity index (χ0n) is 6.92. The van der Waals surface area contributed by atoms with E-state index in [1.165, 1.54) is 0 Å². The van der Waals surface area contributed by atoms with Gasteiger partial charge in [0.25, 0.3) is 0 Å². The highest BCUT2D eigenvalue weighted by Crippen LogP contribution is 2.30. The van der Waals surface area contributed by atoms with E-state index < -0.39 is 0 Å². The molecule has 0 N–H and O–H groups in total. The lowest BCUT2D eigenvalue weighted by Gasteiger charge is -2.23. The lowest BCUT2D eigenvalue weighted by molar-refractivity contribution is -0.452. The predicted molar refractivity (Wildman–Crippen MR) is 42.1 cm³/mol. The molecule has 10 heavy (non-hydrogen) atoms. The van der Waals surface area contributed by atoms with Gasteiger partial charge in [-0.2, -0.15) is 0 Å². The molecule has 0 aromatic heterocycles. The van der Waals surface area contributed by atoms with Crippen molar-refractivity contribution >= 4 is 6.21 Å². The van der Waals surface area contributed by atoms with Gasteiger partial charge in [0, 0.05) is 12.3 Å². The second-order valence-corrected chi connectivity index (χ2v) is 4.08. The number of nitrogens with zero attached hydrogens (tertiary/aromatic N) is 1. The van der Waals surface area contributed by atoms with Gasteiger partial charge in [0.2, 0.25) is 0 Å². The van der Waals surface area contributed by atoms with Gasteiger partial charge in [-0.25, -0.2) is 4.74 Å². The smallest absolute Gasteiger partial charge is 0.156 e. The summed E-state index contributed by atoms with van der Waals surface area (Å²) >= 11 is 0. The Labute approximate surface area is 62.1 Å². The van der Waals surface area contributed by atoms with Crippen LogP contribution in [0, 0.1) is 16.5 Å². The lowest BCUT2D eigenvalue weighted by atomic mass is 9.80. The largest absolute Gasteiger partial charge is 0.624 e. The summed E-state index contributed by atoms with van der Waals surface area (Å²) in [7, 11) is 0. The van der Waals surface area contributed by atoms with Crippen LogP contribution in [-0.2, 0) is 0 Å². The molecule has 0 aliphatic carbocycles. The van der Waals surface area contributed by atoms with Crippen molar-refractivity contribution in [3.05, 3.63) is 5.21 Å². The van der Waals surface area contributed by atoms with Crippen molar-refractivity contribution in [2.45, 2.75) is 27.2 Å². The fourth-order valence-corrected chi connectivity index (χ4v) is 1.24. The van der Waals surface area contributed by atoms with Gasteiger partial charge < -0.3 is 5.21 Å². The Morgan fingerprint density at radius 1 is 1.50 bits per heavy atom. The van der Waals surface area contributed by atoms with Gasteiger partial charge >= 0.3 is 0 Å². The topological polar surface area (TPSA) is 26.1 Å². The van der Waals surface area contributed by atoms with Crippen LogP contribution in [0.1, 0.15) is 27.2 Å². The maximum atomic E-state index is 10.8. The van der Waals surface area contributed by atoms with Gasteiger partial charge in [-0.05, 0) is 5.41 Å². The van der Waals surface area contributed by atoms with Crippen molar-refractivity contribution in [1.82, 2.24) is 0 Å². The van der Waals surface area contributed by atoms with Crippen molar-refractivity contribution in [3.8, 4) is 0 Å². The van der Waals surface area contributed by atoms with E-state index in [-0.39, 0.29) is 5.41 Å². The number of hydrogen-bond donors (Lipinski definition) is 0. The minimum absolute atomic E-state index is 0.287. The van der Waals surface area contributed by atoms with Crippen LogP contribution in [0.25, 0.3) is 0 Å². The third-order valence-corrected chi connectivity index (χ3v) is 2.22. The Balaban J connectivity index is 2.50. The molecule has 0 saturated carbocycles. The molecule has 0 unspecified atom stereocenters. The van der Waals surface area contributed by atoms with Crippen LogP contribution >= 0.6 is 0 Å². The average Bonchev–Trinajstić information content (AvgIpc) is 2.11. The summed E-state index contributed by atoms with van der Waals surface area (Å²) in [5.41, 5.74) is 0.287. The standard InChI is InChI=1S/C8H15NO/c1-8(2,3)7-4-5-9(10)6-7/h5,7H,4,6H2,1-3H3/t7-/m0/s1. The molecule has 0 radical (unpaired) electrons. The normalized spacial score (nSPS) is 26.7. The van der Waals surface area contributed by atoms with Crippen molar-refractivity contribution in [2.75, 3.05) is 6.54 Å². The molecule has 1 rings (SSSR count).